The summed E-state index contributed by atoms with van der Waals surface area (Å²) in [6.45, 7) is 6.82. The zero-order valence-corrected chi connectivity index (χ0v) is 13.6. The van der Waals surface area contributed by atoms with Crippen LogP contribution in [0.5, 0.6) is 0 Å². The van der Waals surface area contributed by atoms with Crippen LogP contribution in [0.4, 0.5) is 0 Å². The van der Waals surface area contributed by atoms with E-state index < -0.39 is 8.07 Å². The zero-order valence-electron chi connectivity index (χ0n) is 10.2. The molecule has 0 unspecified atom stereocenters. The monoisotopic (exact) mass is 312 g/mol. The van der Waals surface area contributed by atoms with Gasteiger partial charge in [0.2, 0.25) is 0 Å². The van der Waals surface area contributed by atoms with Crippen LogP contribution in [-0.2, 0) is 6.42 Å². The van der Waals surface area contributed by atoms with Gasteiger partial charge in [-0.1, -0.05) is 35.6 Å². The molecule has 0 aromatic heterocycles. The van der Waals surface area contributed by atoms with E-state index in [9.17, 15) is 0 Å². The average Bonchev–Trinajstić information content (AvgIpc) is 2.16. The minimum Gasteiger partial charge on any atom is -0.132 e. The molecule has 0 spiro atoms. The largest absolute Gasteiger partial charge is 0.132 e. The minimum absolute atomic E-state index is 0.861. The summed E-state index contributed by atoms with van der Waals surface area (Å²) in [7, 11) is -1.23. The highest BCUT2D eigenvalue weighted by atomic mass is 79.9. The normalized spacial score (nSPS) is 10.8. The van der Waals surface area contributed by atoms with E-state index in [1.54, 1.807) is 11.8 Å². The van der Waals surface area contributed by atoms with Crippen molar-refractivity contribution in [3.8, 4) is 11.5 Å². The lowest BCUT2D eigenvalue weighted by Gasteiger charge is -2.06. The molecule has 86 valence electrons. The van der Waals surface area contributed by atoms with Crippen LogP contribution in [0, 0.1) is 11.5 Å². The Labute approximate surface area is 112 Å². The molecule has 16 heavy (non-hydrogen) atoms. The molecule has 1 aromatic rings. The minimum atomic E-state index is -1.23. The van der Waals surface area contributed by atoms with E-state index in [0.717, 1.165) is 10.9 Å². The number of hydrogen-bond acceptors (Lipinski definition) is 1. The number of rotatable bonds is 2. The van der Waals surface area contributed by atoms with Crippen molar-refractivity contribution in [3.63, 3.8) is 0 Å². The van der Waals surface area contributed by atoms with Crippen molar-refractivity contribution in [1.82, 2.24) is 0 Å². The molecule has 0 aliphatic heterocycles. The second kappa shape index (κ2) is 5.95. The van der Waals surface area contributed by atoms with E-state index in [1.807, 2.05) is 0 Å². The molecule has 1 aromatic carbocycles. The third-order valence-corrected chi connectivity index (χ3v) is 4.24. The Kier molecular flexibility index (Phi) is 5.17. The van der Waals surface area contributed by atoms with Crippen LogP contribution in [0.1, 0.15) is 5.56 Å². The van der Waals surface area contributed by atoms with Crippen molar-refractivity contribution < 1.29 is 0 Å². The Morgan fingerprint density at radius 3 is 2.56 bits per heavy atom. The van der Waals surface area contributed by atoms with E-state index in [2.05, 4.69) is 71.5 Å². The maximum Gasteiger partial charge on any atom is 0.129 e. The number of halogens is 1. The summed E-state index contributed by atoms with van der Waals surface area (Å²) < 4.78 is 1.13. The fourth-order valence-corrected chi connectivity index (χ4v) is 2.91. The maximum atomic E-state index is 3.51. The molecule has 0 fully saturated rings. The molecular weight excluding hydrogens is 296 g/mol. The zero-order chi connectivity index (χ0) is 12.2. The first kappa shape index (κ1) is 13.9. The molecule has 0 atom stereocenters. The molecule has 0 nitrogen and oxygen atoms in total. The summed E-state index contributed by atoms with van der Waals surface area (Å²) in [5.74, 6) is 3.32. The van der Waals surface area contributed by atoms with Gasteiger partial charge in [0.25, 0.3) is 0 Å². The molecule has 3 heteroatoms. The van der Waals surface area contributed by atoms with Crippen LogP contribution in [0.15, 0.2) is 27.6 Å². The van der Waals surface area contributed by atoms with Crippen LogP contribution in [0.2, 0.25) is 19.6 Å². The van der Waals surface area contributed by atoms with Crippen molar-refractivity contribution >= 4 is 35.8 Å². The van der Waals surface area contributed by atoms with Gasteiger partial charge >= 0.3 is 0 Å². The number of benzene rings is 1. The van der Waals surface area contributed by atoms with Gasteiger partial charge in [0.1, 0.15) is 8.07 Å². The molecule has 0 aliphatic carbocycles. The molecule has 0 bridgehead atoms. The van der Waals surface area contributed by atoms with Gasteiger partial charge in [-0.2, -0.15) is 0 Å². The van der Waals surface area contributed by atoms with Gasteiger partial charge < -0.3 is 0 Å². The predicted octanol–water partition coefficient (Wildman–Crippen LogP) is 4.59. The van der Waals surface area contributed by atoms with Crippen LogP contribution in [0.25, 0.3) is 0 Å². The van der Waals surface area contributed by atoms with E-state index in [1.165, 1.54) is 10.5 Å². The molecule has 0 heterocycles. The second-order valence-corrected chi connectivity index (χ2v) is 11.2. The third-order valence-electron chi connectivity index (χ3n) is 1.98. The van der Waals surface area contributed by atoms with Crippen LogP contribution in [-0.4, -0.2) is 14.3 Å². The van der Waals surface area contributed by atoms with Crippen molar-refractivity contribution in [1.29, 1.82) is 0 Å². The summed E-state index contributed by atoms with van der Waals surface area (Å²) in [5, 5.41) is 0. The highest BCUT2D eigenvalue weighted by Gasteiger charge is 2.07. The summed E-state index contributed by atoms with van der Waals surface area (Å²) in [4.78, 5) is 1.33. The molecular formula is C13H17BrSSi. The second-order valence-electron chi connectivity index (χ2n) is 4.68. The van der Waals surface area contributed by atoms with Gasteiger partial charge in [0, 0.05) is 15.8 Å². The van der Waals surface area contributed by atoms with Gasteiger partial charge in [-0.15, -0.1) is 23.2 Å². The Balaban J connectivity index is 2.87. The lowest BCUT2D eigenvalue weighted by atomic mass is 10.2. The lowest BCUT2D eigenvalue weighted by Crippen LogP contribution is -2.16. The Morgan fingerprint density at radius 1 is 1.31 bits per heavy atom. The van der Waals surface area contributed by atoms with Crippen LogP contribution < -0.4 is 0 Å². The number of hydrogen-bond donors (Lipinski definition) is 0. The first-order chi connectivity index (χ1) is 7.42. The van der Waals surface area contributed by atoms with Crippen LogP contribution in [0.3, 0.4) is 0 Å². The van der Waals surface area contributed by atoms with E-state index in [0.29, 0.717) is 0 Å². The Morgan fingerprint density at radius 2 is 2.00 bits per heavy atom. The van der Waals surface area contributed by atoms with E-state index in [4.69, 9.17) is 0 Å². The molecule has 0 amide bonds. The fraction of sp³-hybridized carbons (Fsp3) is 0.385. The van der Waals surface area contributed by atoms with Crippen molar-refractivity contribution in [3.05, 3.63) is 28.2 Å². The molecule has 0 N–H and O–H groups in total. The van der Waals surface area contributed by atoms with Crippen molar-refractivity contribution in [2.24, 2.45) is 0 Å². The predicted molar refractivity (Wildman–Crippen MR) is 80.7 cm³/mol. The van der Waals surface area contributed by atoms with E-state index >= 15 is 0 Å². The van der Waals surface area contributed by atoms with Crippen molar-refractivity contribution in [2.45, 2.75) is 31.0 Å². The Hall–Kier alpha value is -0.173. The number of thioether (sulfide) groups is 1. The van der Waals surface area contributed by atoms with Gasteiger partial charge in [0.15, 0.2) is 0 Å². The summed E-state index contributed by atoms with van der Waals surface area (Å²) in [6, 6.07) is 6.41. The highest BCUT2D eigenvalue weighted by Crippen LogP contribution is 2.24. The molecule has 1 rings (SSSR count). The summed E-state index contributed by atoms with van der Waals surface area (Å²) in [5.41, 5.74) is 4.73. The smallest absolute Gasteiger partial charge is 0.129 e. The van der Waals surface area contributed by atoms with Crippen molar-refractivity contribution in [2.75, 3.05) is 6.26 Å². The Bertz CT molecular complexity index is 424. The summed E-state index contributed by atoms with van der Waals surface area (Å²) >= 11 is 5.29. The van der Waals surface area contributed by atoms with Gasteiger partial charge in [-0.25, -0.2) is 0 Å². The lowest BCUT2D eigenvalue weighted by molar-refractivity contribution is 1.20. The molecule has 0 saturated carbocycles. The molecule has 0 radical (unpaired) electrons. The first-order valence-corrected chi connectivity index (χ1v) is 10.8. The van der Waals surface area contributed by atoms with Gasteiger partial charge in [0.05, 0.1) is 0 Å². The summed E-state index contributed by atoms with van der Waals surface area (Å²) in [6.07, 6.45) is 2.97. The highest BCUT2D eigenvalue weighted by molar-refractivity contribution is 9.10. The standard InChI is InChI=1S/C13H17BrSSi/c1-15-13-8-7-12(14)10-11(13)6-5-9-16(2,3)4/h7-8,10H,6H2,1-4H3. The topological polar surface area (TPSA) is 0 Å². The molecule has 0 aliphatic rings. The first-order valence-electron chi connectivity index (χ1n) is 5.25. The SMILES string of the molecule is CSc1ccc(Br)cc1CC#C[Si](C)(C)C. The average molecular weight is 313 g/mol. The van der Waals surface area contributed by atoms with Gasteiger partial charge in [-0.05, 0) is 30.0 Å². The van der Waals surface area contributed by atoms with Crippen LogP contribution >= 0.6 is 27.7 Å². The van der Waals surface area contributed by atoms with E-state index in [-0.39, 0.29) is 0 Å². The maximum absolute atomic E-state index is 3.51. The molecule has 0 saturated heterocycles. The quantitative estimate of drug-likeness (QED) is 0.437. The third kappa shape index (κ3) is 4.78. The fourth-order valence-electron chi connectivity index (χ4n) is 1.29. The van der Waals surface area contributed by atoms with Gasteiger partial charge in [-0.3, -0.25) is 0 Å².